The van der Waals surface area contributed by atoms with Crippen LogP contribution in [0.4, 0.5) is 4.39 Å². The highest BCUT2D eigenvalue weighted by molar-refractivity contribution is 5.93. The number of aliphatic hydroxyl groups excluding tert-OH is 1. The molecule has 21 heavy (non-hydrogen) atoms. The third kappa shape index (κ3) is 1.95. The molecule has 0 aromatic heterocycles. The smallest absolute Gasteiger partial charge is 0.123 e. The summed E-state index contributed by atoms with van der Waals surface area (Å²) in [6, 6.07) is 16.4. The maximum atomic E-state index is 13.0. The third-order valence-corrected chi connectivity index (χ3v) is 4.39. The summed E-state index contributed by atoms with van der Waals surface area (Å²) in [5.74, 6) is -0.286. The van der Waals surface area contributed by atoms with Crippen LogP contribution in [-0.2, 0) is 12.8 Å². The molecule has 2 heteroatoms. The molecule has 0 bridgehead atoms. The molecule has 0 aliphatic heterocycles. The van der Waals surface area contributed by atoms with Gasteiger partial charge >= 0.3 is 0 Å². The molecule has 1 atom stereocenters. The summed E-state index contributed by atoms with van der Waals surface area (Å²) in [4.78, 5) is 0. The van der Waals surface area contributed by atoms with E-state index in [2.05, 4.69) is 18.2 Å². The van der Waals surface area contributed by atoms with Gasteiger partial charge in [-0.3, -0.25) is 0 Å². The van der Waals surface area contributed by atoms with Crippen LogP contribution in [0, 0.1) is 5.82 Å². The van der Waals surface area contributed by atoms with Crippen molar-refractivity contribution >= 4 is 10.8 Å². The average molecular weight is 278 g/mol. The van der Waals surface area contributed by atoms with Gasteiger partial charge in [0.2, 0.25) is 0 Å². The lowest BCUT2D eigenvalue weighted by molar-refractivity contribution is 0.222. The van der Waals surface area contributed by atoms with Crippen LogP contribution in [0.5, 0.6) is 0 Å². The van der Waals surface area contributed by atoms with Crippen molar-refractivity contribution in [2.45, 2.75) is 18.9 Å². The predicted molar refractivity (Wildman–Crippen MR) is 81.8 cm³/mol. The maximum absolute atomic E-state index is 13.0. The second-order valence-electron chi connectivity index (χ2n) is 5.61. The Balaban J connectivity index is 1.89. The highest BCUT2D eigenvalue weighted by Crippen LogP contribution is 2.36. The summed E-state index contributed by atoms with van der Waals surface area (Å²) < 4.78 is 13.0. The molecule has 4 rings (SSSR count). The zero-order chi connectivity index (χ0) is 14.4. The Labute approximate surface area is 122 Å². The summed E-state index contributed by atoms with van der Waals surface area (Å²) in [6.07, 6.45) is 1.42. The standard InChI is InChI=1S/C19H15FO/c20-15-9-6-14(7-10-15)19(21)17-11-8-13-5-4-12-2-1-3-16(17)18(12)13/h1-3,6-11,19,21H,4-5H2. The Morgan fingerprint density at radius 1 is 0.857 bits per heavy atom. The van der Waals surface area contributed by atoms with Gasteiger partial charge < -0.3 is 5.11 Å². The Kier molecular flexibility index (Phi) is 2.79. The number of aliphatic hydroxyl groups is 1. The molecule has 104 valence electrons. The lowest BCUT2D eigenvalue weighted by Crippen LogP contribution is -2.01. The first-order chi connectivity index (χ1) is 10.2. The maximum Gasteiger partial charge on any atom is 0.123 e. The summed E-state index contributed by atoms with van der Waals surface area (Å²) in [7, 11) is 0. The SMILES string of the molecule is OC(c1ccc(F)cc1)c1ccc2c3c(cccc13)CC2. The van der Waals surface area contributed by atoms with Crippen molar-refractivity contribution < 1.29 is 9.50 Å². The molecular weight excluding hydrogens is 263 g/mol. The molecule has 0 amide bonds. The van der Waals surface area contributed by atoms with Gasteiger partial charge in [-0.1, -0.05) is 42.5 Å². The van der Waals surface area contributed by atoms with Crippen molar-refractivity contribution in [1.29, 1.82) is 0 Å². The van der Waals surface area contributed by atoms with E-state index in [4.69, 9.17) is 0 Å². The van der Waals surface area contributed by atoms with Gasteiger partial charge in [-0.15, -0.1) is 0 Å². The molecule has 0 spiro atoms. The molecule has 3 aromatic rings. The van der Waals surface area contributed by atoms with Gasteiger partial charge in [0.15, 0.2) is 0 Å². The van der Waals surface area contributed by atoms with Gasteiger partial charge in [-0.2, -0.15) is 0 Å². The van der Waals surface area contributed by atoms with Gasteiger partial charge in [0, 0.05) is 0 Å². The number of aryl methyl sites for hydroxylation is 2. The molecule has 1 unspecified atom stereocenters. The fraction of sp³-hybridized carbons (Fsp3) is 0.158. The van der Waals surface area contributed by atoms with Crippen LogP contribution < -0.4 is 0 Å². The van der Waals surface area contributed by atoms with E-state index in [1.54, 1.807) is 12.1 Å². The minimum Gasteiger partial charge on any atom is -0.384 e. The highest BCUT2D eigenvalue weighted by atomic mass is 19.1. The van der Waals surface area contributed by atoms with Gasteiger partial charge in [0.1, 0.15) is 11.9 Å². The molecule has 0 saturated heterocycles. The quantitative estimate of drug-likeness (QED) is 0.746. The zero-order valence-electron chi connectivity index (χ0n) is 11.5. The van der Waals surface area contributed by atoms with E-state index >= 15 is 0 Å². The van der Waals surface area contributed by atoms with E-state index in [1.807, 2.05) is 12.1 Å². The second-order valence-corrected chi connectivity index (χ2v) is 5.61. The van der Waals surface area contributed by atoms with E-state index < -0.39 is 6.10 Å². The van der Waals surface area contributed by atoms with Crippen molar-refractivity contribution in [3.05, 3.63) is 82.7 Å². The average Bonchev–Trinajstić information content (AvgIpc) is 2.93. The minimum atomic E-state index is -0.726. The summed E-state index contributed by atoms with van der Waals surface area (Å²) in [5.41, 5.74) is 4.32. The number of rotatable bonds is 2. The Bertz CT molecular complexity index is 811. The summed E-state index contributed by atoms with van der Waals surface area (Å²) in [5, 5.41) is 13.1. The van der Waals surface area contributed by atoms with Gasteiger partial charge in [-0.05, 0) is 58.0 Å². The van der Waals surface area contributed by atoms with Gasteiger partial charge in [0.25, 0.3) is 0 Å². The van der Waals surface area contributed by atoms with E-state index in [-0.39, 0.29) is 5.82 Å². The minimum absolute atomic E-state index is 0.286. The van der Waals surface area contributed by atoms with Crippen LogP contribution in [0.25, 0.3) is 10.8 Å². The van der Waals surface area contributed by atoms with Crippen LogP contribution in [0.3, 0.4) is 0 Å². The third-order valence-electron chi connectivity index (χ3n) is 4.39. The Hall–Kier alpha value is -2.19. The fourth-order valence-corrected chi connectivity index (χ4v) is 3.33. The van der Waals surface area contributed by atoms with Gasteiger partial charge in [0.05, 0.1) is 0 Å². The zero-order valence-corrected chi connectivity index (χ0v) is 11.5. The summed E-state index contributed by atoms with van der Waals surface area (Å²) in [6.45, 7) is 0. The van der Waals surface area contributed by atoms with Crippen molar-refractivity contribution in [2.75, 3.05) is 0 Å². The Morgan fingerprint density at radius 3 is 2.33 bits per heavy atom. The molecule has 1 aliphatic rings. The molecule has 1 nitrogen and oxygen atoms in total. The van der Waals surface area contributed by atoms with Gasteiger partial charge in [-0.25, -0.2) is 4.39 Å². The molecule has 0 saturated carbocycles. The molecule has 0 fully saturated rings. The number of benzene rings is 3. The molecule has 3 aromatic carbocycles. The molecule has 1 N–H and O–H groups in total. The first kappa shape index (κ1) is 12.5. The van der Waals surface area contributed by atoms with Crippen LogP contribution in [-0.4, -0.2) is 5.11 Å². The number of hydrogen-bond acceptors (Lipinski definition) is 1. The first-order valence-electron chi connectivity index (χ1n) is 7.21. The summed E-state index contributed by atoms with van der Waals surface area (Å²) >= 11 is 0. The second kappa shape index (κ2) is 4.68. The molecular formula is C19H15FO. The predicted octanol–water partition coefficient (Wildman–Crippen LogP) is 4.16. The van der Waals surface area contributed by atoms with E-state index in [0.717, 1.165) is 29.4 Å². The number of halogens is 1. The highest BCUT2D eigenvalue weighted by Gasteiger charge is 2.19. The van der Waals surface area contributed by atoms with Crippen molar-refractivity contribution in [1.82, 2.24) is 0 Å². The molecule has 1 aliphatic carbocycles. The van der Waals surface area contributed by atoms with E-state index in [1.165, 1.54) is 28.6 Å². The van der Waals surface area contributed by atoms with Crippen LogP contribution in [0.15, 0.2) is 54.6 Å². The van der Waals surface area contributed by atoms with E-state index in [0.29, 0.717) is 0 Å². The van der Waals surface area contributed by atoms with Crippen molar-refractivity contribution in [3.63, 3.8) is 0 Å². The van der Waals surface area contributed by atoms with E-state index in [9.17, 15) is 9.50 Å². The lowest BCUT2D eigenvalue weighted by atomic mass is 9.93. The fourth-order valence-electron chi connectivity index (χ4n) is 3.33. The normalized spacial score (nSPS) is 14.6. The first-order valence-corrected chi connectivity index (χ1v) is 7.21. The monoisotopic (exact) mass is 278 g/mol. The Morgan fingerprint density at radius 2 is 1.57 bits per heavy atom. The topological polar surface area (TPSA) is 20.2 Å². The molecule has 0 heterocycles. The van der Waals surface area contributed by atoms with Crippen molar-refractivity contribution in [2.24, 2.45) is 0 Å². The van der Waals surface area contributed by atoms with Crippen molar-refractivity contribution in [3.8, 4) is 0 Å². The van der Waals surface area contributed by atoms with Crippen LogP contribution >= 0.6 is 0 Å². The van der Waals surface area contributed by atoms with Crippen LogP contribution in [0.2, 0.25) is 0 Å². The number of hydrogen-bond donors (Lipinski definition) is 1. The molecule has 0 radical (unpaired) electrons. The van der Waals surface area contributed by atoms with Crippen LogP contribution in [0.1, 0.15) is 28.4 Å². The lowest BCUT2D eigenvalue weighted by Gasteiger charge is -2.15. The largest absolute Gasteiger partial charge is 0.384 e.